The summed E-state index contributed by atoms with van der Waals surface area (Å²) < 4.78 is 39.4. The molecule has 1 spiro atoms. The Morgan fingerprint density at radius 2 is 1.96 bits per heavy atom. The number of benzene rings is 2. The van der Waals surface area contributed by atoms with Crippen LogP contribution < -0.4 is 19.7 Å². The molecule has 2 aromatic rings. The Bertz CT molecular complexity index is 1760. The Morgan fingerprint density at radius 3 is 2.72 bits per heavy atom. The predicted octanol–water partition coefficient (Wildman–Crippen LogP) is 6.11. The van der Waals surface area contributed by atoms with Gasteiger partial charge >= 0.3 is 6.03 Å². The maximum absolute atomic E-state index is 14.4. The van der Waals surface area contributed by atoms with Crippen LogP contribution >= 0.6 is 0 Å². The van der Waals surface area contributed by atoms with Crippen LogP contribution in [0, 0.1) is 24.7 Å². The van der Waals surface area contributed by atoms with Gasteiger partial charge in [-0.2, -0.15) is 0 Å². The molecule has 6 atom stereocenters. The molecule has 10 nitrogen and oxygen atoms in total. The largest absolute Gasteiger partial charge is 0.490 e. The van der Waals surface area contributed by atoms with Crippen molar-refractivity contribution in [2.24, 2.45) is 22.1 Å². The lowest BCUT2D eigenvalue weighted by Gasteiger charge is -2.46. The minimum absolute atomic E-state index is 0.0341. The number of urea groups is 1. The Kier molecular flexibility index (Phi) is 10.0. The Labute approximate surface area is 297 Å². The van der Waals surface area contributed by atoms with E-state index in [1.165, 1.54) is 16.7 Å². The average molecular weight is 705 g/mol. The van der Waals surface area contributed by atoms with Gasteiger partial charge in [0.15, 0.2) is 0 Å². The molecule has 2 aliphatic heterocycles. The van der Waals surface area contributed by atoms with Crippen LogP contribution in [0.15, 0.2) is 52.9 Å². The molecule has 0 aromatic heterocycles. The molecule has 3 amide bonds. The first-order chi connectivity index (χ1) is 24.1. The number of anilines is 1. The van der Waals surface area contributed by atoms with Crippen LogP contribution in [0.4, 0.5) is 10.5 Å². The lowest BCUT2D eigenvalue weighted by atomic mass is 9.68. The zero-order valence-corrected chi connectivity index (χ0v) is 30.6. The molecule has 7 rings (SSSR count). The number of allylic oxidation sites excluding steroid dienone is 1. The van der Waals surface area contributed by atoms with Gasteiger partial charge in [0.2, 0.25) is 0 Å². The van der Waals surface area contributed by atoms with E-state index in [-0.39, 0.29) is 35.3 Å². The fourth-order valence-electron chi connectivity index (χ4n) is 8.76. The second kappa shape index (κ2) is 14.3. The number of nitrogens with zero attached hydrogens (tertiary/aromatic N) is 2. The van der Waals surface area contributed by atoms with E-state index in [2.05, 4.69) is 56.6 Å². The number of methoxy groups -OCH3 is 2. The number of fused-ring (bicyclic) bond motifs is 4. The van der Waals surface area contributed by atoms with Gasteiger partial charge in [0.1, 0.15) is 15.7 Å². The van der Waals surface area contributed by atoms with Gasteiger partial charge in [-0.25, -0.2) is 9.00 Å². The molecule has 0 radical (unpaired) electrons. The summed E-state index contributed by atoms with van der Waals surface area (Å²) in [6.07, 6.45) is 11.7. The molecular weight excluding hydrogens is 653 g/mol. The summed E-state index contributed by atoms with van der Waals surface area (Å²) in [6.45, 7) is 6.25. The van der Waals surface area contributed by atoms with Gasteiger partial charge in [-0.1, -0.05) is 42.8 Å². The smallest absolute Gasteiger partial charge is 0.327 e. The quantitative estimate of drug-likeness (QED) is 0.369. The summed E-state index contributed by atoms with van der Waals surface area (Å²) in [7, 11) is -0.0404. The van der Waals surface area contributed by atoms with E-state index in [1.54, 1.807) is 20.3 Å². The van der Waals surface area contributed by atoms with Gasteiger partial charge in [0.25, 0.3) is 5.91 Å². The standard InChI is InChI=1S/C39H52N4O6S/c1-25-10-14-33-27(17-25)8-6-16-39(33)23-43-21-29-11-13-32(29)35(48-4)9-5-7-26(2)22-50(46,42-38(45)40-30-19-31(20-30)47-3)41-37(44)28-12-15-36(49-24-39)34(43)18-28/h5,9-10,12,14-15,17-18,26,29-32,35H,6-8,11,13,16,19-24H2,1-4H3,(H2,40,41,42,44,45,46)/b9-5+/t26-,29-,30-,31-,32+,35-,39-,50-/m0/s1. The number of carbonyl (C=O) groups is 2. The highest BCUT2D eigenvalue weighted by molar-refractivity contribution is 7.92. The van der Waals surface area contributed by atoms with Crippen LogP contribution in [0.3, 0.4) is 0 Å². The van der Waals surface area contributed by atoms with Crippen LogP contribution in [0.5, 0.6) is 5.75 Å². The summed E-state index contributed by atoms with van der Waals surface area (Å²) in [5, 5.41) is 2.88. The monoisotopic (exact) mass is 704 g/mol. The van der Waals surface area contributed by atoms with Gasteiger partial charge in [-0.3, -0.25) is 9.52 Å². The van der Waals surface area contributed by atoms with Gasteiger partial charge in [-0.05, 0) is 105 Å². The molecule has 2 bridgehead atoms. The maximum Gasteiger partial charge on any atom is 0.327 e. The third-order valence-corrected chi connectivity index (χ3v) is 13.7. The van der Waals surface area contributed by atoms with Crippen molar-refractivity contribution < 1.29 is 28.0 Å². The van der Waals surface area contributed by atoms with Crippen LogP contribution in [-0.2, 0) is 31.2 Å². The number of hydrogen-bond acceptors (Lipinski definition) is 7. The lowest BCUT2D eigenvalue weighted by Crippen LogP contribution is -2.52. The number of ether oxygens (including phenoxy) is 3. The van der Waals surface area contributed by atoms with Crippen molar-refractivity contribution >= 4 is 27.5 Å². The van der Waals surface area contributed by atoms with Crippen molar-refractivity contribution in [3.63, 3.8) is 0 Å². The predicted molar refractivity (Wildman–Crippen MR) is 195 cm³/mol. The van der Waals surface area contributed by atoms with E-state index < -0.39 is 21.9 Å². The SMILES string of the molecule is CO[C@H]1/C=C/C[C@H](C)C[S@@](=O)(NC(=O)N[C@H]2C[C@H](OC)C2)=NC(=O)c2ccc3c(c2)N(C[C@@H]2CC[C@H]21)C[C@@]1(CCCc2cc(C)ccc21)CO3. The van der Waals surface area contributed by atoms with E-state index in [0.717, 1.165) is 56.6 Å². The molecule has 2 aromatic carbocycles. The van der Waals surface area contributed by atoms with Crippen LogP contribution in [0.1, 0.15) is 78.9 Å². The van der Waals surface area contributed by atoms with Gasteiger partial charge in [0, 0.05) is 44.3 Å². The summed E-state index contributed by atoms with van der Waals surface area (Å²) in [5.74, 6) is 0.818. The number of aryl methyl sites for hydroxylation is 2. The fraction of sp³-hybridized carbons (Fsp3) is 0.590. The molecule has 11 heteroatoms. The van der Waals surface area contributed by atoms with E-state index in [0.29, 0.717) is 43.3 Å². The first-order valence-electron chi connectivity index (χ1n) is 18.3. The third kappa shape index (κ3) is 7.19. The molecule has 2 saturated carbocycles. The van der Waals surface area contributed by atoms with Gasteiger partial charge in [-0.15, -0.1) is 4.36 Å². The van der Waals surface area contributed by atoms with Crippen molar-refractivity contribution in [1.29, 1.82) is 0 Å². The lowest BCUT2D eigenvalue weighted by molar-refractivity contribution is 0.0131. The van der Waals surface area contributed by atoms with Gasteiger partial charge in [0.05, 0.1) is 30.3 Å². The van der Waals surface area contributed by atoms with Crippen molar-refractivity contribution in [2.75, 3.05) is 44.6 Å². The average Bonchev–Trinajstić information content (AvgIpc) is 3.20. The second-order valence-electron chi connectivity index (χ2n) is 15.4. The molecule has 50 heavy (non-hydrogen) atoms. The summed E-state index contributed by atoms with van der Waals surface area (Å²) in [4.78, 5) is 29.4. The first kappa shape index (κ1) is 35.0. The van der Waals surface area contributed by atoms with E-state index >= 15 is 0 Å². The molecule has 270 valence electrons. The second-order valence-corrected chi connectivity index (χ2v) is 17.4. The minimum atomic E-state index is -3.47. The number of amides is 3. The third-order valence-electron chi connectivity index (χ3n) is 11.7. The molecule has 2 N–H and O–H groups in total. The van der Waals surface area contributed by atoms with E-state index in [4.69, 9.17) is 14.2 Å². The van der Waals surface area contributed by atoms with Crippen LogP contribution in [0.25, 0.3) is 0 Å². The number of hydrogen-bond donors (Lipinski definition) is 2. The Morgan fingerprint density at radius 1 is 1.12 bits per heavy atom. The highest BCUT2D eigenvalue weighted by Gasteiger charge is 2.44. The summed E-state index contributed by atoms with van der Waals surface area (Å²) >= 11 is 0. The van der Waals surface area contributed by atoms with E-state index in [9.17, 15) is 13.8 Å². The number of nitrogens with one attached hydrogen (secondary N) is 2. The molecule has 3 aliphatic carbocycles. The fourth-order valence-corrected chi connectivity index (χ4v) is 10.6. The Balaban J connectivity index is 1.26. The zero-order chi connectivity index (χ0) is 35.0. The van der Waals surface area contributed by atoms with Crippen molar-refractivity contribution in [3.05, 3.63) is 70.8 Å². The normalized spacial score (nSPS) is 34.4. The van der Waals surface area contributed by atoms with Crippen molar-refractivity contribution in [3.8, 4) is 5.75 Å². The molecule has 2 fully saturated rings. The zero-order valence-electron chi connectivity index (χ0n) is 29.8. The molecule has 2 heterocycles. The van der Waals surface area contributed by atoms with Crippen molar-refractivity contribution in [1.82, 2.24) is 10.0 Å². The summed E-state index contributed by atoms with van der Waals surface area (Å²) in [5.41, 5.74) is 5.02. The summed E-state index contributed by atoms with van der Waals surface area (Å²) in [6, 6.07) is 11.6. The molecule has 0 saturated heterocycles. The minimum Gasteiger partial charge on any atom is -0.490 e. The van der Waals surface area contributed by atoms with Crippen molar-refractivity contribution in [2.45, 2.75) is 88.9 Å². The molecular formula is C39H52N4O6S. The highest BCUT2D eigenvalue weighted by atomic mass is 32.2. The van der Waals surface area contributed by atoms with Crippen LogP contribution in [0.2, 0.25) is 0 Å². The van der Waals surface area contributed by atoms with Crippen LogP contribution in [-0.4, -0.2) is 74.1 Å². The van der Waals surface area contributed by atoms with E-state index in [1.807, 2.05) is 19.1 Å². The maximum atomic E-state index is 14.4. The topological polar surface area (TPSA) is 119 Å². The molecule has 0 unspecified atom stereocenters. The highest BCUT2D eigenvalue weighted by Crippen LogP contribution is 2.47. The number of carbonyl (C=O) groups excluding carboxylic acids is 2. The number of rotatable bonds is 4. The Hall–Kier alpha value is -3.41. The first-order valence-corrected chi connectivity index (χ1v) is 20.0. The molecule has 5 aliphatic rings. The van der Waals surface area contributed by atoms with Gasteiger partial charge < -0.3 is 24.4 Å².